The molecule has 158 valence electrons. The molecule has 0 N–H and O–H groups in total. The van der Waals surface area contributed by atoms with Gasteiger partial charge in [0.25, 0.3) is 0 Å². The predicted octanol–water partition coefficient (Wildman–Crippen LogP) is 3.63. The summed E-state index contributed by atoms with van der Waals surface area (Å²) in [6.45, 7) is 7.36. The fourth-order valence-electron chi connectivity index (χ4n) is 3.17. The average Bonchev–Trinajstić information content (AvgIpc) is 2.93. The lowest BCUT2D eigenvalue weighted by atomic mass is 10.1. The zero-order chi connectivity index (χ0) is 22.1. The number of aromatic nitrogens is 1. The third kappa shape index (κ3) is 4.71. The molecule has 0 fully saturated rings. The highest BCUT2D eigenvalue weighted by atomic mass is 35.5. The fourth-order valence-corrected chi connectivity index (χ4v) is 4.56. The van der Waals surface area contributed by atoms with Gasteiger partial charge in [0.1, 0.15) is 4.90 Å². The summed E-state index contributed by atoms with van der Waals surface area (Å²) < 4.78 is 32.8. The number of halogens is 1. The number of sulfonamides is 1. The summed E-state index contributed by atoms with van der Waals surface area (Å²) in [6.07, 6.45) is 0. The number of aryl methyl sites for hydroxylation is 1. The third-order valence-electron chi connectivity index (χ3n) is 4.56. The Balaban J connectivity index is 2.20. The molecule has 1 aromatic heterocycles. The van der Waals surface area contributed by atoms with E-state index in [0.717, 1.165) is 21.8 Å². The fraction of sp³-hybridized carbons (Fsp3) is 0.400. The number of rotatable bonds is 7. The lowest BCUT2D eigenvalue weighted by Gasteiger charge is -2.14. The van der Waals surface area contributed by atoms with Gasteiger partial charge in [-0.1, -0.05) is 11.6 Å². The van der Waals surface area contributed by atoms with Crippen LogP contribution in [0.4, 0.5) is 0 Å². The number of nitrogens with zero attached hydrogens (tertiary/aromatic N) is 2. The summed E-state index contributed by atoms with van der Waals surface area (Å²) >= 11 is 5.98. The van der Waals surface area contributed by atoms with E-state index in [1.54, 1.807) is 6.07 Å². The maximum Gasteiger partial charge on any atom is 0.338 e. The Morgan fingerprint density at radius 2 is 1.79 bits per heavy atom. The zero-order valence-corrected chi connectivity index (χ0v) is 18.9. The van der Waals surface area contributed by atoms with Crippen LogP contribution in [0, 0.1) is 13.8 Å². The molecule has 0 saturated carbocycles. The van der Waals surface area contributed by atoms with Gasteiger partial charge in [-0.25, -0.2) is 17.5 Å². The van der Waals surface area contributed by atoms with Crippen LogP contribution in [-0.2, 0) is 14.8 Å². The molecule has 1 heterocycles. The van der Waals surface area contributed by atoms with Crippen molar-refractivity contribution < 1.29 is 22.7 Å². The van der Waals surface area contributed by atoms with E-state index >= 15 is 0 Å². The molecule has 2 rings (SSSR count). The smallest absolute Gasteiger partial charge is 0.338 e. The van der Waals surface area contributed by atoms with Gasteiger partial charge >= 0.3 is 5.97 Å². The minimum absolute atomic E-state index is 0.00437. The summed E-state index contributed by atoms with van der Waals surface area (Å²) in [6, 6.07) is 5.79. The van der Waals surface area contributed by atoms with Gasteiger partial charge < -0.3 is 9.30 Å². The predicted molar refractivity (Wildman–Crippen MR) is 111 cm³/mol. The van der Waals surface area contributed by atoms with Crippen LogP contribution < -0.4 is 0 Å². The van der Waals surface area contributed by atoms with Crippen molar-refractivity contribution in [1.29, 1.82) is 0 Å². The van der Waals surface area contributed by atoms with Crippen LogP contribution in [0.15, 0.2) is 29.2 Å². The number of ketones is 1. The van der Waals surface area contributed by atoms with Crippen LogP contribution in [-0.4, -0.2) is 49.7 Å². The molecular formula is C20H25ClN2O5S. The normalized spacial score (nSPS) is 11.9. The summed E-state index contributed by atoms with van der Waals surface area (Å²) in [5, 5.41) is -0.00699. The highest BCUT2D eigenvalue weighted by Crippen LogP contribution is 2.25. The number of ether oxygens (including phenoxy) is 1. The van der Waals surface area contributed by atoms with Gasteiger partial charge in [0.05, 0.1) is 10.6 Å². The van der Waals surface area contributed by atoms with Gasteiger partial charge in [-0.2, -0.15) is 0 Å². The van der Waals surface area contributed by atoms with Crippen molar-refractivity contribution >= 4 is 33.4 Å². The highest BCUT2D eigenvalue weighted by Gasteiger charge is 2.24. The zero-order valence-electron chi connectivity index (χ0n) is 17.3. The van der Waals surface area contributed by atoms with E-state index in [-0.39, 0.29) is 27.3 Å². The van der Waals surface area contributed by atoms with E-state index in [0.29, 0.717) is 5.56 Å². The highest BCUT2D eigenvalue weighted by molar-refractivity contribution is 7.89. The molecule has 29 heavy (non-hydrogen) atoms. The van der Waals surface area contributed by atoms with Crippen molar-refractivity contribution in [3.8, 4) is 0 Å². The first-order valence-electron chi connectivity index (χ1n) is 8.98. The number of carbonyl (C=O) groups is 2. The Morgan fingerprint density at radius 1 is 1.17 bits per heavy atom. The summed E-state index contributed by atoms with van der Waals surface area (Å²) in [7, 11) is -1.10. The second kappa shape index (κ2) is 8.69. The minimum atomic E-state index is -3.83. The molecule has 7 nitrogen and oxygen atoms in total. The maximum atomic E-state index is 12.5. The first-order valence-corrected chi connectivity index (χ1v) is 10.8. The summed E-state index contributed by atoms with van der Waals surface area (Å²) in [5.41, 5.74) is 2.25. The first-order chi connectivity index (χ1) is 13.4. The van der Waals surface area contributed by atoms with Crippen molar-refractivity contribution in [2.45, 2.75) is 38.6 Å². The second-order valence-corrected chi connectivity index (χ2v) is 9.71. The van der Waals surface area contributed by atoms with Gasteiger partial charge in [-0.05, 0) is 52.0 Å². The van der Waals surface area contributed by atoms with Crippen molar-refractivity contribution in [3.05, 3.63) is 51.8 Å². The molecule has 0 amide bonds. The molecule has 1 aromatic carbocycles. The molecule has 0 aliphatic carbocycles. The van der Waals surface area contributed by atoms with E-state index in [1.165, 1.54) is 26.2 Å². The first kappa shape index (κ1) is 23.1. The van der Waals surface area contributed by atoms with E-state index in [9.17, 15) is 18.0 Å². The molecular weight excluding hydrogens is 416 g/mol. The SMILES string of the molecule is Cc1cc(C(=O)COC(=O)c2ccc(Cl)c(S(=O)(=O)N(C)C)c2)c(C)n1C(C)C. The van der Waals surface area contributed by atoms with Crippen molar-refractivity contribution in [2.24, 2.45) is 0 Å². The monoisotopic (exact) mass is 440 g/mol. The number of hydrogen-bond acceptors (Lipinski definition) is 5. The summed E-state index contributed by atoms with van der Waals surface area (Å²) in [5.74, 6) is -1.13. The molecule has 0 spiro atoms. The standard InChI is InChI=1S/C20H25ClN2O5S/c1-12(2)23-13(3)9-16(14(23)4)18(24)11-28-20(25)15-7-8-17(21)19(10-15)29(26,27)22(5)6/h7-10,12H,11H2,1-6H3. The number of esters is 1. The van der Waals surface area contributed by atoms with Crippen LogP contribution in [0.3, 0.4) is 0 Å². The van der Waals surface area contributed by atoms with Gasteiger partial charge in [0, 0.05) is 37.1 Å². The van der Waals surface area contributed by atoms with Crippen LogP contribution in [0.1, 0.15) is 52.0 Å². The molecule has 9 heteroatoms. The molecule has 0 bridgehead atoms. The second-order valence-electron chi connectivity index (χ2n) is 7.18. The Labute approximate surface area is 176 Å². The Kier molecular flexibility index (Phi) is 6.93. The molecule has 0 saturated heterocycles. The van der Waals surface area contributed by atoms with E-state index in [4.69, 9.17) is 16.3 Å². The van der Waals surface area contributed by atoms with Crippen molar-refractivity contribution in [1.82, 2.24) is 8.87 Å². The van der Waals surface area contributed by atoms with Gasteiger partial charge in [-0.3, -0.25) is 4.79 Å². The van der Waals surface area contributed by atoms with Gasteiger partial charge in [0.15, 0.2) is 6.61 Å². The molecule has 2 aromatic rings. The molecule has 0 atom stereocenters. The lowest BCUT2D eigenvalue weighted by molar-refractivity contribution is 0.0474. The number of hydrogen-bond donors (Lipinski definition) is 0. The quantitative estimate of drug-likeness (QED) is 0.484. The summed E-state index contributed by atoms with van der Waals surface area (Å²) in [4.78, 5) is 24.7. The van der Waals surface area contributed by atoms with Crippen molar-refractivity contribution in [3.63, 3.8) is 0 Å². The molecule has 0 aliphatic rings. The van der Waals surface area contributed by atoms with Crippen molar-refractivity contribution in [2.75, 3.05) is 20.7 Å². The maximum absolute atomic E-state index is 12.5. The Bertz CT molecular complexity index is 1060. The van der Waals surface area contributed by atoms with Gasteiger partial charge in [0.2, 0.25) is 15.8 Å². The minimum Gasteiger partial charge on any atom is -0.454 e. The van der Waals surface area contributed by atoms with E-state index in [2.05, 4.69) is 0 Å². The largest absolute Gasteiger partial charge is 0.454 e. The number of Topliss-reactive ketones (excluding diaryl/α,β-unsaturated/α-hetero) is 1. The number of benzene rings is 1. The molecule has 0 aliphatic heterocycles. The van der Waals surface area contributed by atoms with Crippen LogP contribution in [0.2, 0.25) is 5.02 Å². The van der Waals surface area contributed by atoms with E-state index < -0.39 is 22.6 Å². The number of carbonyl (C=O) groups excluding carboxylic acids is 2. The lowest BCUT2D eigenvalue weighted by Crippen LogP contribution is -2.23. The Morgan fingerprint density at radius 3 is 2.31 bits per heavy atom. The average molecular weight is 441 g/mol. The topological polar surface area (TPSA) is 85.7 Å². The van der Waals surface area contributed by atoms with Crippen LogP contribution in [0.5, 0.6) is 0 Å². The molecule has 0 unspecified atom stereocenters. The van der Waals surface area contributed by atoms with Crippen LogP contribution >= 0.6 is 11.6 Å². The molecule has 0 radical (unpaired) electrons. The van der Waals surface area contributed by atoms with Gasteiger partial charge in [-0.15, -0.1) is 0 Å². The third-order valence-corrected chi connectivity index (χ3v) is 6.86. The van der Waals surface area contributed by atoms with E-state index in [1.807, 2.05) is 32.3 Å². The van der Waals surface area contributed by atoms with Crippen LogP contribution in [0.25, 0.3) is 0 Å². The Hall–Kier alpha value is -2.16.